The number of aromatic nitrogens is 3. The van der Waals surface area contributed by atoms with Gasteiger partial charge in [0.15, 0.2) is 5.65 Å². The molecular formula is C22H26N4O3. The average Bonchev–Trinajstić information content (AvgIpc) is 3.10. The lowest BCUT2D eigenvalue weighted by Gasteiger charge is -2.18. The van der Waals surface area contributed by atoms with Crippen molar-refractivity contribution in [3.05, 3.63) is 47.7 Å². The van der Waals surface area contributed by atoms with Crippen LogP contribution in [-0.2, 0) is 4.79 Å². The first-order valence-electron chi connectivity index (χ1n) is 9.68. The summed E-state index contributed by atoms with van der Waals surface area (Å²) < 4.78 is 1.79. The molecule has 3 rings (SSSR count). The normalized spacial score (nSPS) is 13.4. The van der Waals surface area contributed by atoms with Crippen LogP contribution in [0.2, 0.25) is 0 Å². The zero-order chi connectivity index (χ0) is 21.3. The second kappa shape index (κ2) is 8.03. The predicted molar refractivity (Wildman–Crippen MR) is 112 cm³/mol. The van der Waals surface area contributed by atoms with Gasteiger partial charge < -0.3 is 10.4 Å². The number of nitrogens with one attached hydrogen (secondary N) is 1. The highest BCUT2D eigenvalue weighted by atomic mass is 16.4. The van der Waals surface area contributed by atoms with Crippen LogP contribution in [0.4, 0.5) is 0 Å². The molecule has 2 aromatic heterocycles. The molecule has 0 saturated carbocycles. The van der Waals surface area contributed by atoms with Crippen molar-refractivity contribution in [2.24, 2.45) is 5.92 Å². The van der Waals surface area contributed by atoms with E-state index < -0.39 is 17.9 Å². The minimum absolute atomic E-state index is 0.0778. The lowest BCUT2D eigenvalue weighted by molar-refractivity contribution is -0.141. The largest absolute Gasteiger partial charge is 0.481 e. The number of carbonyl (C=O) groups is 2. The lowest BCUT2D eigenvalue weighted by atomic mass is 10.0. The summed E-state index contributed by atoms with van der Waals surface area (Å²) in [5, 5.41) is 17.1. The van der Waals surface area contributed by atoms with Gasteiger partial charge in [0.2, 0.25) is 0 Å². The van der Waals surface area contributed by atoms with Gasteiger partial charge in [0.05, 0.1) is 28.8 Å². The number of carbonyl (C=O) groups excluding carboxylic acids is 1. The summed E-state index contributed by atoms with van der Waals surface area (Å²) in [5.74, 6) is -1.99. The van der Waals surface area contributed by atoms with Crippen molar-refractivity contribution in [1.29, 1.82) is 0 Å². The standard InChI is InChI=1S/C22H26N4O3/c1-12(2)26-20-18(11-23-26)17(21(27)24-15(5)14(4)22(28)29)10-19(25-20)16-9-7-6-8-13(16)3/h6-12,14-15H,1-5H3,(H,24,27)(H,28,29). The topological polar surface area (TPSA) is 97.1 Å². The lowest BCUT2D eigenvalue weighted by Crippen LogP contribution is -2.40. The molecule has 0 bridgehead atoms. The van der Waals surface area contributed by atoms with Crippen molar-refractivity contribution in [2.45, 2.75) is 46.7 Å². The van der Waals surface area contributed by atoms with E-state index in [0.29, 0.717) is 22.3 Å². The molecule has 0 aliphatic carbocycles. The summed E-state index contributed by atoms with van der Waals surface area (Å²) in [6, 6.07) is 9.17. The number of amides is 1. The van der Waals surface area contributed by atoms with Crippen molar-refractivity contribution in [3.63, 3.8) is 0 Å². The highest BCUT2D eigenvalue weighted by Gasteiger charge is 2.24. The zero-order valence-electron chi connectivity index (χ0n) is 17.3. The molecule has 3 aromatic rings. The Morgan fingerprint density at radius 3 is 2.45 bits per heavy atom. The van der Waals surface area contributed by atoms with E-state index >= 15 is 0 Å². The third-order valence-electron chi connectivity index (χ3n) is 5.22. The molecule has 0 aliphatic rings. The Kier molecular flexibility index (Phi) is 5.68. The summed E-state index contributed by atoms with van der Waals surface area (Å²) in [5.41, 5.74) is 3.73. The highest BCUT2D eigenvalue weighted by Crippen LogP contribution is 2.28. The third kappa shape index (κ3) is 3.99. The molecule has 2 unspecified atom stereocenters. The van der Waals surface area contributed by atoms with E-state index in [1.165, 1.54) is 0 Å². The van der Waals surface area contributed by atoms with Gasteiger partial charge in [-0.05, 0) is 46.2 Å². The van der Waals surface area contributed by atoms with Crippen molar-refractivity contribution in [3.8, 4) is 11.3 Å². The van der Waals surface area contributed by atoms with Crippen molar-refractivity contribution in [1.82, 2.24) is 20.1 Å². The highest BCUT2D eigenvalue weighted by molar-refractivity contribution is 6.06. The van der Waals surface area contributed by atoms with Gasteiger partial charge in [0.25, 0.3) is 5.91 Å². The number of hydrogen-bond donors (Lipinski definition) is 2. The minimum atomic E-state index is -0.953. The van der Waals surface area contributed by atoms with E-state index in [9.17, 15) is 14.7 Å². The monoisotopic (exact) mass is 394 g/mol. The van der Waals surface area contributed by atoms with E-state index in [1.54, 1.807) is 30.8 Å². The van der Waals surface area contributed by atoms with E-state index in [1.807, 2.05) is 45.0 Å². The van der Waals surface area contributed by atoms with Crippen molar-refractivity contribution < 1.29 is 14.7 Å². The van der Waals surface area contributed by atoms with E-state index in [-0.39, 0.29) is 11.9 Å². The Morgan fingerprint density at radius 1 is 1.14 bits per heavy atom. The second-order valence-corrected chi connectivity index (χ2v) is 7.68. The molecule has 7 heteroatoms. The number of benzene rings is 1. The molecule has 2 N–H and O–H groups in total. The molecule has 0 fully saturated rings. The van der Waals surface area contributed by atoms with Gasteiger partial charge in [0, 0.05) is 17.6 Å². The number of carboxylic acid groups (broad SMARTS) is 1. The number of aliphatic carboxylic acids is 1. The third-order valence-corrected chi connectivity index (χ3v) is 5.22. The second-order valence-electron chi connectivity index (χ2n) is 7.68. The van der Waals surface area contributed by atoms with Crippen LogP contribution in [0.25, 0.3) is 22.3 Å². The molecule has 7 nitrogen and oxygen atoms in total. The first-order valence-corrected chi connectivity index (χ1v) is 9.68. The van der Waals surface area contributed by atoms with Gasteiger partial charge in [-0.15, -0.1) is 0 Å². The molecule has 0 radical (unpaired) electrons. The zero-order valence-corrected chi connectivity index (χ0v) is 17.3. The summed E-state index contributed by atoms with van der Waals surface area (Å²) in [7, 11) is 0. The summed E-state index contributed by atoms with van der Waals surface area (Å²) in [6.07, 6.45) is 1.64. The van der Waals surface area contributed by atoms with Gasteiger partial charge >= 0.3 is 5.97 Å². The maximum Gasteiger partial charge on any atom is 0.308 e. The Hall–Kier alpha value is -3.22. The number of fused-ring (bicyclic) bond motifs is 1. The molecule has 2 atom stereocenters. The van der Waals surface area contributed by atoms with Gasteiger partial charge in [-0.3, -0.25) is 9.59 Å². The van der Waals surface area contributed by atoms with Crippen LogP contribution >= 0.6 is 0 Å². The maximum absolute atomic E-state index is 13.1. The molecule has 29 heavy (non-hydrogen) atoms. The number of rotatable bonds is 6. The van der Waals surface area contributed by atoms with E-state index in [0.717, 1.165) is 11.1 Å². The average molecular weight is 394 g/mol. The number of aryl methyl sites for hydroxylation is 1. The van der Waals surface area contributed by atoms with Crippen LogP contribution in [0.1, 0.15) is 49.7 Å². The van der Waals surface area contributed by atoms with E-state index in [2.05, 4.69) is 10.4 Å². The van der Waals surface area contributed by atoms with E-state index in [4.69, 9.17) is 4.98 Å². The minimum Gasteiger partial charge on any atom is -0.481 e. The Balaban J connectivity index is 2.14. The molecule has 0 spiro atoms. The van der Waals surface area contributed by atoms with Crippen LogP contribution in [-0.4, -0.2) is 37.8 Å². The van der Waals surface area contributed by atoms with Gasteiger partial charge in [-0.2, -0.15) is 5.10 Å². The number of carboxylic acids is 1. The Labute approximate surface area is 169 Å². The van der Waals surface area contributed by atoms with Crippen LogP contribution in [0.5, 0.6) is 0 Å². The molecule has 2 heterocycles. The molecule has 1 amide bonds. The fourth-order valence-corrected chi connectivity index (χ4v) is 3.21. The first kappa shape index (κ1) is 20.5. The first-order chi connectivity index (χ1) is 13.7. The molecule has 152 valence electrons. The molecule has 1 aromatic carbocycles. The molecule has 0 aliphatic heterocycles. The maximum atomic E-state index is 13.1. The molecular weight excluding hydrogens is 368 g/mol. The molecule has 0 saturated heterocycles. The van der Waals surface area contributed by atoms with Crippen LogP contribution in [0.3, 0.4) is 0 Å². The fraction of sp³-hybridized carbons (Fsp3) is 0.364. The quantitative estimate of drug-likeness (QED) is 0.662. The number of nitrogens with zero attached hydrogens (tertiary/aromatic N) is 3. The van der Waals surface area contributed by atoms with Crippen molar-refractivity contribution >= 4 is 22.9 Å². The number of hydrogen-bond acceptors (Lipinski definition) is 4. The predicted octanol–water partition coefficient (Wildman–Crippen LogP) is 3.83. The smallest absolute Gasteiger partial charge is 0.308 e. The number of pyridine rings is 1. The van der Waals surface area contributed by atoms with Crippen LogP contribution in [0, 0.1) is 12.8 Å². The SMILES string of the molecule is Cc1ccccc1-c1cc(C(=O)NC(C)C(C)C(=O)O)c2cnn(C(C)C)c2n1. The Bertz CT molecular complexity index is 1070. The van der Waals surface area contributed by atoms with Crippen molar-refractivity contribution in [2.75, 3.05) is 0 Å². The summed E-state index contributed by atoms with van der Waals surface area (Å²) >= 11 is 0. The summed E-state index contributed by atoms with van der Waals surface area (Å²) in [6.45, 7) is 9.27. The van der Waals surface area contributed by atoms with Crippen LogP contribution < -0.4 is 5.32 Å². The van der Waals surface area contributed by atoms with Gasteiger partial charge in [-0.1, -0.05) is 24.3 Å². The van der Waals surface area contributed by atoms with Gasteiger partial charge in [-0.25, -0.2) is 9.67 Å². The fourth-order valence-electron chi connectivity index (χ4n) is 3.21. The van der Waals surface area contributed by atoms with Gasteiger partial charge in [0.1, 0.15) is 0 Å². The summed E-state index contributed by atoms with van der Waals surface area (Å²) in [4.78, 5) is 29.1. The van der Waals surface area contributed by atoms with Crippen LogP contribution in [0.15, 0.2) is 36.5 Å². The Morgan fingerprint density at radius 2 is 1.83 bits per heavy atom.